The van der Waals surface area contributed by atoms with Gasteiger partial charge in [-0.25, -0.2) is 0 Å². The van der Waals surface area contributed by atoms with Crippen molar-refractivity contribution < 1.29 is 29.0 Å². The molecule has 2 N–H and O–H groups in total. The van der Waals surface area contributed by atoms with Crippen LogP contribution in [-0.4, -0.2) is 54.4 Å². The molecule has 2 rings (SSSR count). The highest BCUT2D eigenvalue weighted by molar-refractivity contribution is 6.72. The lowest BCUT2D eigenvalue weighted by atomic mass is 9.88. The third kappa shape index (κ3) is 12.3. The number of ether oxygens (including phenoxy) is 2. The Bertz CT molecular complexity index is 774. The zero-order chi connectivity index (χ0) is 29.1. The Balaban J connectivity index is 1.91. The summed E-state index contributed by atoms with van der Waals surface area (Å²) in [7, 11) is -2.23. The van der Waals surface area contributed by atoms with Crippen LogP contribution in [0.15, 0.2) is 12.2 Å². The fourth-order valence-corrected chi connectivity index (χ4v) is 7.35. The van der Waals surface area contributed by atoms with Crippen LogP contribution in [0.1, 0.15) is 111 Å². The van der Waals surface area contributed by atoms with E-state index in [2.05, 4.69) is 26.8 Å². The maximum absolute atomic E-state index is 12.8. The van der Waals surface area contributed by atoms with E-state index in [-0.39, 0.29) is 46.8 Å². The maximum Gasteiger partial charge on any atom is 0.303 e. The first-order chi connectivity index (χ1) is 18.3. The summed E-state index contributed by atoms with van der Waals surface area (Å²) in [6.45, 7) is 11.3. The molecular weight excluding hydrogens is 532 g/mol. The molecule has 1 saturated carbocycles. The standard InChI is InChI=1S/C31H55ClO6Si/c1-23(22-31(2,3)39(4,5)36)13-12-14-24(33)18-19-26-25(15-8-6-7-9-16-29(34)35)27(32)21-28(26)38-30-17-10-11-20-37-30/h18-19,23,25-28,30,36H,6-17,20-22H2,1-5H3,(H,34,35)/b19-18+/t23-,25-,26-,27-,28-,30?/m1/s1. The van der Waals surface area contributed by atoms with Gasteiger partial charge in [-0.2, -0.15) is 0 Å². The van der Waals surface area contributed by atoms with E-state index in [0.717, 1.165) is 77.2 Å². The van der Waals surface area contributed by atoms with Gasteiger partial charge in [0, 0.05) is 30.7 Å². The molecule has 226 valence electrons. The molecule has 0 spiro atoms. The summed E-state index contributed by atoms with van der Waals surface area (Å²) in [6, 6.07) is 0. The normalized spacial score (nSPS) is 27.2. The molecular formula is C31H55ClO6Si. The van der Waals surface area contributed by atoms with Gasteiger partial charge in [-0.1, -0.05) is 52.5 Å². The number of hydrogen-bond acceptors (Lipinski definition) is 5. The molecule has 0 bridgehead atoms. The van der Waals surface area contributed by atoms with Crippen molar-refractivity contribution in [2.75, 3.05) is 6.61 Å². The van der Waals surface area contributed by atoms with E-state index in [4.69, 9.17) is 26.2 Å². The average Bonchev–Trinajstić information content (AvgIpc) is 3.12. The first-order valence-electron chi connectivity index (χ1n) is 15.4. The van der Waals surface area contributed by atoms with Crippen molar-refractivity contribution >= 4 is 31.7 Å². The fourth-order valence-electron chi connectivity index (χ4n) is 6.03. The number of halogens is 1. The molecule has 6 nitrogen and oxygen atoms in total. The maximum atomic E-state index is 12.8. The number of allylic oxidation sites excluding steroid dienone is 1. The van der Waals surface area contributed by atoms with Gasteiger partial charge in [0.1, 0.15) is 0 Å². The Morgan fingerprint density at radius 3 is 2.49 bits per heavy atom. The van der Waals surface area contributed by atoms with Gasteiger partial charge in [0.05, 0.1) is 6.10 Å². The van der Waals surface area contributed by atoms with Crippen LogP contribution >= 0.6 is 11.6 Å². The molecule has 2 fully saturated rings. The predicted octanol–water partition coefficient (Wildman–Crippen LogP) is 7.87. The van der Waals surface area contributed by atoms with Crippen molar-refractivity contribution in [3.8, 4) is 0 Å². The molecule has 2 aliphatic rings. The van der Waals surface area contributed by atoms with E-state index in [9.17, 15) is 14.4 Å². The highest BCUT2D eigenvalue weighted by Crippen LogP contribution is 2.43. The molecule has 0 aromatic heterocycles. The quantitative estimate of drug-likeness (QED) is 0.0734. The van der Waals surface area contributed by atoms with Gasteiger partial charge in [0.25, 0.3) is 0 Å². The number of rotatable bonds is 18. The van der Waals surface area contributed by atoms with Crippen LogP contribution in [0.25, 0.3) is 0 Å². The fraction of sp³-hybridized carbons (Fsp3) is 0.871. The number of carbonyl (C=O) groups is 2. The summed E-state index contributed by atoms with van der Waals surface area (Å²) in [5.41, 5.74) is 0. The smallest absolute Gasteiger partial charge is 0.303 e. The predicted molar refractivity (Wildman–Crippen MR) is 161 cm³/mol. The van der Waals surface area contributed by atoms with Crippen molar-refractivity contribution in [1.29, 1.82) is 0 Å². The van der Waals surface area contributed by atoms with E-state index < -0.39 is 14.3 Å². The van der Waals surface area contributed by atoms with Crippen LogP contribution in [-0.2, 0) is 19.1 Å². The zero-order valence-corrected chi connectivity index (χ0v) is 26.9. The summed E-state index contributed by atoms with van der Waals surface area (Å²) in [6.07, 6.45) is 15.5. The van der Waals surface area contributed by atoms with E-state index in [0.29, 0.717) is 18.8 Å². The van der Waals surface area contributed by atoms with E-state index in [1.165, 1.54) is 0 Å². The van der Waals surface area contributed by atoms with Gasteiger partial charge in [-0.3, -0.25) is 9.59 Å². The van der Waals surface area contributed by atoms with Gasteiger partial charge in [0.15, 0.2) is 20.4 Å². The van der Waals surface area contributed by atoms with Crippen molar-refractivity contribution in [3.05, 3.63) is 12.2 Å². The SMILES string of the molecule is C[C@H](CCCC(=O)/C=C/[C@@H]1[C@@H](CCCCCCC(=O)O)[C@H](Cl)C[C@H]1OC1CCCCO1)CC(C)(C)[Si](C)(C)O. The Kier molecular flexibility index (Phi) is 14.7. The lowest BCUT2D eigenvalue weighted by Crippen LogP contribution is -2.39. The van der Waals surface area contributed by atoms with Crippen LogP contribution in [0, 0.1) is 17.8 Å². The summed E-state index contributed by atoms with van der Waals surface area (Å²) in [5, 5.41) is 8.80. The zero-order valence-electron chi connectivity index (χ0n) is 25.1. The molecule has 39 heavy (non-hydrogen) atoms. The number of hydrogen-bond donors (Lipinski definition) is 2. The molecule has 1 aliphatic carbocycles. The number of ketones is 1. The van der Waals surface area contributed by atoms with E-state index >= 15 is 0 Å². The Morgan fingerprint density at radius 2 is 1.85 bits per heavy atom. The number of carbonyl (C=O) groups excluding carboxylic acids is 1. The molecule has 0 aromatic carbocycles. The lowest BCUT2D eigenvalue weighted by molar-refractivity contribution is -0.192. The van der Waals surface area contributed by atoms with Crippen LogP contribution in [0.5, 0.6) is 0 Å². The second-order valence-electron chi connectivity index (χ2n) is 13.3. The Hall–Kier alpha value is -0.733. The van der Waals surface area contributed by atoms with Crippen molar-refractivity contribution in [1.82, 2.24) is 0 Å². The van der Waals surface area contributed by atoms with Crippen molar-refractivity contribution in [3.63, 3.8) is 0 Å². The summed E-state index contributed by atoms with van der Waals surface area (Å²) < 4.78 is 12.2. The van der Waals surface area contributed by atoms with Crippen LogP contribution < -0.4 is 0 Å². The number of alkyl halides is 1. The molecule has 0 radical (unpaired) electrons. The minimum Gasteiger partial charge on any atom is -0.481 e. The van der Waals surface area contributed by atoms with E-state index in [1.54, 1.807) is 6.08 Å². The third-order valence-corrected chi connectivity index (χ3v) is 13.1. The number of carboxylic acid groups (broad SMARTS) is 1. The number of aliphatic carboxylic acids is 1. The number of carboxylic acids is 1. The molecule has 1 unspecified atom stereocenters. The molecule has 1 heterocycles. The second-order valence-corrected chi connectivity index (χ2v) is 18.3. The van der Waals surface area contributed by atoms with Gasteiger partial charge in [-0.15, -0.1) is 11.6 Å². The number of unbranched alkanes of at least 4 members (excludes halogenated alkanes) is 3. The summed E-state index contributed by atoms with van der Waals surface area (Å²) in [4.78, 5) is 34.2. The monoisotopic (exact) mass is 586 g/mol. The summed E-state index contributed by atoms with van der Waals surface area (Å²) in [5.74, 6) is 0.196. The summed E-state index contributed by atoms with van der Waals surface area (Å²) >= 11 is 6.85. The van der Waals surface area contributed by atoms with Gasteiger partial charge < -0.3 is 19.4 Å². The van der Waals surface area contributed by atoms with Crippen LogP contribution in [0.2, 0.25) is 18.1 Å². The Morgan fingerprint density at radius 1 is 1.13 bits per heavy atom. The van der Waals surface area contributed by atoms with Gasteiger partial charge in [0.2, 0.25) is 0 Å². The highest BCUT2D eigenvalue weighted by Gasteiger charge is 2.42. The minimum absolute atomic E-state index is 0.00843. The third-order valence-electron chi connectivity index (χ3n) is 9.13. The molecule has 0 aromatic rings. The molecule has 1 aliphatic heterocycles. The van der Waals surface area contributed by atoms with Gasteiger partial charge >= 0.3 is 5.97 Å². The Labute approximate surface area is 243 Å². The van der Waals surface area contributed by atoms with Crippen molar-refractivity contribution in [2.45, 2.75) is 147 Å². The highest BCUT2D eigenvalue weighted by atomic mass is 35.5. The topological polar surface area (TPSA) is 93.1 Å². The minimum atomic E-state index is -2.23. The van der Waals surface area contributed by atoms with Crippen molar-refractivity contribution in [2.24, 2.45) is 17.8 Å². The van der Waals surface area contributed by atoms with E-state index in [1.807, 2.05) is 13.1 Å². The first kappa shape index (κ1) is 34.5. The largest absolute Gasteiger partial charge is 0.481 e. The average molecular weight is 587 g/mol. The van der Waals surface area contributed by atoms with Gasteiger partial charge in [-0.05, 0) is 87.4 Å². The molecule has 6 atom stereocenters. The molecule has 1 saturated heterocycles. The molecule has 0 amide bonds. The van der Waals surface area contributed by atoms with Crippen LogP contribution in [0.3, 0.4) is 0 Å². The second kappa shape index (κ2) is 16.6. The lowest BCUT2D eigenvalue weighted by Gasteiger charge is -2.37. The van der Waals surface area contributed by atoms with Crippen LogP contribution in [0.4, 0.5) is 0 Å². The first-order valence-corrected chi connectivity index (χ1v) is 18.7. The molecule has 8 heteroatoms.